The van der Waals surface area contributed by atoms with Gasteiger partial charge in [-0.3, -0.25) is 4.72 Å². The van der Waals surface area contributed by atoms with Crippen molar-refractivity contribution in [3.8, 4) is 0 Å². The van der Waals surface area contributed by atoms with Crippen LogP contribution in [0.1, 0.15) is 0 Å². The molecule has 0 saturated carbocycles. The molecule has 4 nitrogen and oxygen atoms in total. The summed E-state index contributed by atoms with van der Waals surface area (Å²) in [6, 6.07) is 1.75. The molecule has 18 heavy (non-hydrogen) atoms. The van der Waals surface area contributed by atoms with Gasteiger partial charge in [0.2, 0.25) is 0 Å². The van der Waals surface area contributed by atoms with Gasteiger partial charge in [0.05, 0.1) is 8.98 Å². The van der Waals surface area contributed by atoms with Crippen LogP contribution < -0.4 is 10.0 Å². The van der Waals surface area contributed by atoms with E-state index in [1.54, 1.807) is 12.3 Å². The number of halogens is 1. The summed E-state index contributed by atoms with van der Waals surface area (Å²) in [4.78, 5) is 0. The van der Waals surface area contributed by atoms with Crippen LogP contribution in [0.5, 0.6) is 0 Å². The second kappa shape index (κ2) is 6.01. The molecule has 0 amide bonds. The Morgan fingerprint density at radius 2 is 2.22 bits per heavy atom. The van der Waals surface area contributed by atoms with E-state index >= 15 is 0 Å². The summed E-state index contributed by atoms with van der Waals surface area (Å²) in [6.45, 7) is 1.56. The number of anilines is 1. The Bertz CT molecular complexity index is 635. The highest BCUT2D eigenvalue weighted by atomic mass is 79.9. The van der Waals surface area contributed by atoms with Crippen LogP contribution in [0.4, 0.5) is 5.88 Å². The van der Waals surface area contributed by atoms with Gasteiger partial charge < -0.3 is 14.2 Å². The Kier molecular flexibility index (Phi) is 4.60. The summed E-state index contributed by atoms with van der Waals surface area (Å²) in [6.07, 6.45) is 3.60. The molecule has 2 rings (SSSR count). The fourth-order valence-corrected chi connectivity index (χ4v) is 2.47. The van der Waals surface area contributed by atoms with E-state index in [2.05, 4.69) is 31.8 Å². The van der Waals surface area contributed by atoms with E-state index < -0.39 is 0 Å². The van der Waals surface area contributed by atoms with Crippen LogP contribution in [0.3, 0.4) is 0 Å². The van der Waals surface area contributed by atoms with E-state index in [4.69, 9.17) is 21.1 Å². The molecule has 2 aromatic heterocycles. The molecule has 0 radical (unpaired) electrons. The third-order valence-electron chi connectivity index (χ3n) is 2.17. The normalized spacial score (nSPS) is 12.8. The Hall–Kier alpha value is -0.630. The van der Waals surface area contributed by atoms with Gasteiger partial charge in [0, 0.05) is 19.2 Å². The molecule has 7 heteroatoms. The number of nitrogens with one attached hydrogen (secondary N) is 2. The number of rotatable bonds is 5. The molecule has 0 aromatic carbocycles. The summed E-state index contributed by atoms with van der Waals surface area (Å²) < 4.78 is 15.6. The van der Waals surface area contributed by atoms with Crippen molar-refractivity contribution < 1.29 is 8.83 Å². The summed E-state index contributed by atoms with van der Waals surface area (Å²) in [7, 11) is -0.0110. The molecular formula is C11H13BrN2O2S2. The average molecular weight is 349 g/mol. The molecule has 2 heterocycles. The lowest BCUT2D eigenvalue weighted by Gasteiger charge is -2.07. The summed E-state index contributed by atoms with van der Waals surface area (Å²) in [5, 5.41) is 3.17. The predicted octanol–water partition coefficient (Wildman–Crippen LogP) is 3.76. The molecule has 0 aliphatic heterocycles. The minimum absolute atomic E-state index is 0.0110. The van der Waals surface area contributed by atoms with E-state index in [1.807, 2.05) is 6.26 Å². The molecule has 0 aliphatic carbocycles. The fraction of sp³-hybridized carbons (Fsp3) is 0.273. The van der Waals surface area contributed by atoms with Crippen molar-refractivity contribution >= 4 is 61.7 Å². The van der Waals surface area contributed by atoms with Crippen molar-refractivity contribution in [2.24, 2.45) is 0 Å². The van der Waals surface area contributed by atoms with Gasteiger partial charge in [-0.1, -0.05) is 18.1 Å². The highest BCUT2D eigenvalue weighted by Crippen LogP contribution is 2.29. The van der Waals surface area contributed by atoms with Crippen molar-refractivity contribution in [1.29, 1.82) is 0 Å². The van der Waals surface area contributed by atoms with Crippen molar-refractivity contribution in [3.63, 3.8) is 0 Å². The Labute approximate surface area is 121 Å². The van der Waals surface area contributed by atoms with Gasteiger partial charge in [-0.05, 0) is 22.2 Å². The van der Waals surface area contributed by atoms with Crippen molar-refractivity contribution in [2.45, 2.75) is 0 Å². The second-order valence-electron chi connectivity index (χ2n) is 3.68. The molecular weight excluding hydrogens is 336 g/mol. The first kappa shape index (κ1) is 13.8. The van der Waals surface area contributed by atoms with Crippen LogP contribution in [0, 0.1) is 4.51 Å². The SMILES string of the molecule is C=S(C)NCCNc1cc(=S)c2occ(Br)c2o1. The Morgan fingerprint density at radius 3 is 2.94 bits per heavy atom. The topological polar surface area (TPSA) is 50.3 Å². The third kappa shape index (κ3) is 3.23. The smallest absolute Gasteiger partial charge is 0.195 e. The van der Waals surface area contributed by atoms with Crippen LogP contribution in [0.2, 0.25) is 0 Å². The minimum Gasteiger partial charge on any atom is -0.458 e. The first-order valence-corrected chi connectivity index (χ1v) is 8.22. The largest absolute Gasteiger partial charge is 0.458 e. The lowest BCUT2D eigenvalue weighted by atomic mass is 10.4. The zero-order valence-electron chi connectivity index (χ0n) is 9.79. The lowest BCUT2D eigenvalue weighted by molar-refractivity contribution is 0.587. The van der Waals surface area contributed by atoms with Crippen LogP contribution >= 0.6 is 38.8 Å². The number of fused-ring (bicyclic) bond motifs is 1. The first-order chi connectivity index (χ1) is 8.58. The number of hydrogen-bond acceptors (Lipinski definition) is 5. The zero-order valence-corrected chi connectivity index (χ0v) is 13.0. The second-order valence-corrected chi connectivity index (χ2v) is 6.53. The van der Waals surface area contributed by atoms with Gasteiger partial charge in [-0.2, -0.15) is 0 Å². The van der Waals surface area contributed by atoms with E-state index in [1.165, 1.54) is 0 Å². The molecule has 2 N–H and O–H groups in total. The fourth-order valence-electron chi connectivity index (χ4n) is 1.41. The van der Waals surface area contributed by atoms with E-state index in [-0.39, 0.29) is 10.7 Å². The number of hydrogen-bond donors (Lipinski definition) is 2. The summed E-state index contributed by atoms with van der Waals surface area (Å²) >= 11 is 8.59. The van der Waals surface area contributed by atoms with Gasteiger partial charge in [0.15, 0.2) is 17.1 Å². The molecule has 0 saturated heterocycles. The Morgan fingerprint density at radius 1 is 1.44 bits per heavy atom. The van der Waals surface area contributed by atoms with E-state index in [9.17, 15) is 0 Å². The van der Waals surface area contributed by atoms with Crippen molar-refractivity contribution in [1.82, 2.24) is 4.72 Å². The van der Waals surface area contributed by atoms with Gasteiger partial charge in [-0.15, -0.1) is 10.7 Å². The van der Waals surface area contributed by atoms with Gasteiger partial charge in [0.1, 0.15) is 6.26 Å². The molecule has 0 bridgehead atoms. The van der Waals surface area contributed by atoms with Crippen molar-refractivity contribution in [3.05, 3.63) is 21.3 Å². The van der Waals surface area contributed by atoms with Crippen LogP contribution in [-0.4, -0.2) is 25.2 Å². The van der Waals surface area contributed by atoms with Gasteiger partial charge >= 0.3 is 0 Å². The maximum Gasteiger partial charge on any atom is 0.195 e. The maximum atomic E-state index is 5.66. The van der Waals surface area contributed by atoms with Crippen LogP contribution in [0.15, 0.2) is 25.6 Å². The summed E-state index contributed by atoms with van der Waals surface area (Å²) in [5.74, 6) is 4.51. The standard InChI is InChI=1S/C11H13BrN2O2S2/c1-18(2)14-4-3-13-9-5-8(17)11-10(16-9)7(12)6-15-11/h5-6,13-14H,1,3-4H2,2H3. The monoisotopic (exact) mass is 348 g/mol. The van der Waals surface area contributed by atoms with E-state index in [0.717, 1.165) is 17.6 Å². The van der Waals surface area contributed by atoms with Crippen LogP contribution in [0.25, 0.3) is 11.2 Å². The Balaban J connectivity index is 2.12. The van der Waals surface area contributed by atoms with Gasteiger partial charge in [-0.25, -0.2) is 0 Å². The lowest BCUT2D eigenvalue weighted by Crippen LogP contribution is -2.17. The molecule has 1 atom stereocenters. The molecule has 1 unspecified atom stereocenters. The minimum atomic E-state index is -0.0110. The molecule has 0 aliphatic rings. The zero-order chi connectivity index (χ0) is 13.1. The molecule has 0 fully saturated rings. The average Bonchev–Trinajstić information content (AvgIpc) is 2.67. The van der Waals surface area contributed by atoms with Crippen LogP contribution in [-0.2, 0) is 0 Å². The maximum absolute atomic E-state index is 5.66. The third-order valence-corrected chi connectivity index (χ3v) is 3.72. The van der Waals surface area contributed by atoms with E-state index in [0.29, 0.717) is 21.6 Å². The summed E-state index contributed by atoms with van der Waals surface area (Å²) in [5.41, 5.74) is 1.22. The van der Waals surface area contributed by atoms with Gasteiger partial charge in [0.25, 0.3) is 0 Å². The number of furan rings is 1. The quantitative estimate of drug-likeness (QED) is 0.636. The molecule has 0 spiro atoms. The highest BCUT2D eigenvalue weighted by molar-refractivity contribution is 9.10. The first-order valence-electron chi connectivity index (χ1n) is 5.22. The van der Waals surface area contributed by atoms with Crippen molar-refractivity contribution in [2.75, 3.05) is 24.7 Å². The predicted molar refractivity (Wildman–Crippen MR) is 84.1 cm³/mol. The highest BCUT2D eigenvalue weighted by Gasteiger charge is 2.09. The molecule has 98 valence electrons. The molecule has 2 aromatic rings.